The highest BCUT2D eigenvalue weighted by molar-refractivity contribution is 5.98. The highest BCUT2D eigenvalue weighted by Crippen LogP contribution is 2.67. The largest absolute Gasteiger partial charge is 0.310 e. The molecule has 0 saturated heterocycles. The summed E-state index contributed by atoms with van der Waals surface area (Å²) in [6, 6.07) is 61.5. The Morgan fingerprint density at radius 3 is 1.91 bits per heavy atom. The van der Waals surface area contributed by atoms with Crippen LogP contribution in [-0.2, 0) is 10.8 Å². The summed E-state index contributed by atoms with van der Waals surface area (Å²) in [5.41, 5.74) is 19.4. The van der Waals surface area contributed by atoms with Crippen molar-refractivity contribution < 1.29 is 0 Å². The van der Waals surface area contributed by atoms with E-state index in [4.69, 9.17) is 0 Å². The zero-order valence-electron chi connectivity index (χ0n) is 30.0. The standard InChI is InChI=1S/C52H39N/c1-51(2)43-21-10-6-17-38(43)41-32-31-37(33-48(41)51)53(36-29-27-35(28-30-36)34-15-4-3-5-16-34)49-26-14-25-47-50(49)42-20-9-13-24-46(42)52(47)44-22-11-7-18-39(44)40-19-8-12-23-45(40)52/h3-33,39,44H,1-2H3. The van der Waals surface area contributed by atoms with Gasteiger partial charge in [-0.05, 0) is 91.5 Å². The number of hydrogen-bond donors (Lipinski definition) is 0. The summed E-state index contributed by atoms with van der Waals surface area (Å²) in [6.07, 6.45) is 9.41. The smallest absolute Gasteiger partial charge is 0.0543 e. The first kappa shape index (κ1) is 30.4. The van der Waals surface area contributed by atoms with Crippen molar-refractivity contribution in [1.29, 1.82) is 0 Å². The summed E-state index contributed by atoms with van der Waals surface area (Å²) in [4.78, 5) is 2.53. The zero-order chi connectivity index (χ0) is 35.3. The molecule has 4 aliphatic rings. The van der Waals surface area contributed by atoms with Crippen molar-refractivity contribution in [3.05, 3.63) is 221 Å². The molecule has 0 radical (unpaired) electrons. The quantitative estimate of drug-likeness (QED) is 0.179. The number of nitrogens with zero attached hydrogens (tertiary/aromatic N) is 1. The van der Waals surface area contributed by atoms with Crippen molar-refractivity contribution in [2.75, 3.05) is 4.90 Å². The molecule has 7 aromatic carbocycles. The minimum atomic E-state index is -0.283. The van der Waals surface area contributed by atoms with Crippen LogP contribution in [0.4, 0.5) is 17.1 Å². The van der Waals surface area contributed by atoms with Crippen LogP contribution in [0.25, 0.3) is 33.4 Å². The minimum Gasteiger partial charge on any atom is -0.310 e. The highest BCUT2D eigenvalue weighted by Gasteiger charge is 2.57. The van der Waals surface area contributed by atoms with Crippen molar-refractivity contribution in [1.82, 2.24) is 0 Å². The summed E-state index contributed by atoms with van der Waals surface area (Å²) >= 11 is 0. The van der Waals surface area contributed by atoms with Gasteiger partial charge < -0.3 is 4.90 Å². The molecule has 1 heteroatoms. The van der Waals surface area contributed by atoms with Gasteiger partial charge in [-0.3, -0.25) is 0 Å². The van der Waals surface area contributed by atoms with Crippen LogP contribution in [0.1, 0.15) is 53.1 Å². The molecule has 0 saturated carbocycles. The highest BCUT2D eigenvalue weighted by atomic mass is 15.1. The Labute approximate surface area is 312 Å². The molecule has 0 fully saturated rings. The lowest BCUT2D eigenvalue weighted by Gasteiger charge is -2.36. The first-order valence-electron chi connectivity index (χ1n) is 18.9. The average Bonchev–Trinajstić information content (AvgIpc) is 3.78. The van der Waals surface area contributed by atoms with Crippen LogP contribution in [0.5, 0.6) is 0 Å². The van der Waals surface area contributed by atoms with E-state index in [-0.39, 0.29) is 10.8 Å². The van der Waals surface area contributed by atoms with Crippen molar-refractivity contribution in [2.45, 2.75) is 30.6 Å². The molecule has 11 rings (SSSR count). The van der Waals surface area contributed by atoms with Gasteiger partial charge >= 0.3 is 0 Å². The Bertz CT molecular complexity index is 2660. The molecular weight excluding hydrogens is 639 g/mol. The number of anilines is 3. The summed E-state index contributed by atoms with van der Waals surface area (Å²) < 4.78 is 0. The molecule has 3 atom stereocenters. The van der Waals surface area contributed by atoms with E-state index >= 15 is 0 Å². The topological polar surface area (TPSA) is 3.24 Å². The fraction of sp³-hybridized carbons (Fsp3) is 0.115. The number of benzene rings is 7. The van der Waals surface area contributed by atoms with Crippen molar-refractivity contribution in [3.63, 3.8) is 0 Å². The van der Waals surface area contributed by atoms with Gasteiger partial charge in [0.05, 0.1) is 11.1 Å². The normalized spacial score (nSPS) is 20.3. The third-order valence-corrected chi connectivity index (χ3v) is 12.8. The summed E-state index contributed by atoms with van der Waals surface area (Å²) in [5.74, 6) is 0.626. The predicted octanol–water partition coefficient (Wildman–Crippen LogP) is 13.3. The number of allylic oxidation sites excluding steroid dienone is 4. The molecule has 3 unspecified atom stereocenters. The van der Waals surface area contributed by atoms with E-state index in [1.165, 1.54) is 78.1 Å². The van der Waals surface area contributed by atoms with E-state index in [1.807, 2.05) is 0 Å². The SMILES string of the molecule is CC1(C)c2ccccc2-c2ccc(N(c3ccc(-c4ccccc4)cc3)c3cccc4c3-c3ccccc3C43c4ccccc4C4C=CC=CC43)cc21. The van der Waals surface area contributed by atoms with Crippen LogP contribution >= 0.6 is 0 Å². The fourth-order valence-electron chi connectivity index (χ4n) is 10.5. The molecule has 53 heavy (non-hydrogen) atoms. The maximum atomic E-state index is 2.53. The number of rotatable bonds is 4. The van der Waals surface area contributed by atoms with E-state index in [0.29, 0.717) is 11.8 Å². The lowest BCUT2D eigenvalue weighted by atomic mass is 9.65. The van der Waals surface area contributed by atoms with Crippen LogP contribution in [-0.4, -0.2) is 0 Å². The maximum Gasteiger partial charge on any atom is 0.0543 e. The van der Waals surface area contributed by atoms with E-state index < -0.39 is 0 Å². The third kappa shape index (κ3) is 4.08. The van der Waals surface area contributed by atoms with Crippen LogP contribution in [0, 0.1) is 5.92 Å². The first-order valence-corrected chi connectivity index (χ1v) is 18.9. The molecule has 1 nitrogen and oxygen atoms in total. The van der Waals surface area contributed by atoms with Gasteiger partial charge in [0.1, 0.15) is 0 Å². The Balaban J connectivity index is 1.17. The molecule has 1 spiro atoms. The molecule has 7 aromatic rings. The van der Waals surface area contributed by atoms with E-state index in [2.05, 4.69) is 207 Å². The molecular formula is C52H39N. The summed E-state index contributed by atoms with van der Waals surface area (Å²) in [5, 5.41) is 0. The van der Waals surface area contributed by atoms with Crippen LogP contribution in [0.15, 0.2) is 188 Å². The van der Waals surface area contributed by atoms with Crippen LogP contribution in [0.2, 0.25) is 0 Å². The molecule has 252 valence electrons. The molecule has 0 aliphatic heterocycles. The van der Waals surface area contributed by atoms with Gasteiger partial charge in [0.25, 0.3) is 0 Å². The van der Waals surface area contributed by atoms with E-state index in [0.717, 1.165) is 5.69 Å². The fourth-order valence-corrected chi connectivity index (χ4v) is 10.5. The average molecular weight is 678 g/mol. The second-order valence-electron chi connectivity index (χ2n) is 15.6. The Hall–Kier alpha value is -6.18. The summed E-state index contributed by atoms with van der Waals surface area (Å²) in [7, 11) is 0. The Morgan fingerprint density at radius 2 is 1.08 bits per heavy atom. The monoisotopic (exact) mass is 677 g/mol. The van der Waals surface area contributed by atoms with Crippen LogP contribution in [0.3, 0.4) is 0 Å². The van der Waals surface area contributed by atoms with Gasteiger partial charge in [-0.2, -0.15) is 0 Å². The van der Waals surface area contributed by atoms with Gasteiger partial charge in [0.15, 0.2) is 0 Å². The van der Waals surface area contributed by atoms with E-state index in [9.17, 15) is 0 Å². The molecule has 0 N–H and O–H groups in total. The van der Waals surface area contributed by atoms with Crippen molar-refractivity contribution in [2.24, 2.45) is 5.92 Å². The maximum absolute atomic E-state index is 2.53. The van der Waals surface area contributed by atoms with Crippen LogP contribution < -0.4 is 4.90 Å². The lowest BCUT2D eigenvalue weighted by molar-refractivity contribution is 0.465. The predicted molar refractivity (Wildman–Crippen MR) is 220 cm³/mol. The Kier molecular flexibility index (Phi) is 6.41. The minimum absolute atomic E-state index is 0.108. The molecule has 0 amide bonds. The van der Waals surface area contributed by atoms with Gasteiger partial charge in [-0.1, -0.05) is 172 Å². The zero-order valence-corrected chi connectivity index (χ0v) is 30.0. The summed E-state index contributed by atoms with van der Waals surface area (Å²) in [6.45, 7) is 4.75. The van der Waals surface area contributed by atoms with Gasteiger partial charge in [0.2, 0.25) is 0 Å². The second-order valence-corrected chi connectivity index (χ2v) is 15.6. The second kappa shape index (κ2) is 11.2. The first-order chi connectivity index (χ1) is 26.1. The number of hydrogen-bond acceptors (Lipinski definition) is 1. The van der Waals surface area contributed by atoms with Crippen molar-refractivity contribution >= 4 is 17.1 Å². The molecule has 0 bridgehead atoms. The molecule has 0 heterocycles. The van der Waals surface area contributed by atoms with Gasteiger partial charge in [-0.25, -0.2) is 0 Å². The lowest BCUT2D eigenvalue weighted by Crippen LogP contribution is -2.33. The van der Waals surface area contributed by atoms with Crippen molar-refractivity contribution in [3.8, 4) is 33.4 Å². The number of fused-ring (bicyclic) bond motifs is 13. The third-order valence-electron chi connectivity index (χ3n) is 12.8. The van der Waals surface area contributed by atoms with Gasteiger partial charge in [-0.15, -0.1) is 0 Å². The molecule has 4 aliphatic carbocycles. The van der Waals surface area contributed by atoms with E-state index in [1.54, 1.807) is 0 Å². The van der Waals surface area contributed by atoms with Gasteiger partial charge in [0, 0.05) is 34.2 Å². The molecule has 0 aromatic heterocycles. The Morgan fingerprint density at radius 1 is 0.453 bits per heavy atom.